The Labute approximate surface area is 133 Å². The molecule has 0 heterocycles. The molecule has 0 aliphatic heterocycles. The van der Waals surface area contributed by atoms with Gasteiger partial charge in [-0.05, 0) is 39.3 Å². The monoisotopic (exact) mass is 297 g/mol. The number of hydrazine groups is 1. The van der Waals surface area contributed by atoms with Gasteiger partial charge in [-0.15, -0.1) is 0 Å². The van der Waals surface area contributed by atoms with Crippen LogP contribution in [-0.2, 0) is 0 Å². The van der Waals surface area contributed by atoms with E-state index in [1.165, 1.54) is 70.6 Å². The minimum atomic E-state index is 0.255. The Morgan fingerprint density at radius 1 is 1.10 bits per heavy atom. The molecule has 3 N–H and O–H groups in total. The molecule has 0 aromatic rings. The lowest BCUT2D eigenvalue weighted by Gasteiger charge is -2.46. The summed E-state index contributed by atoms with van der Waals surface area (Å²) in [7, 11) is 4.51. The molecule has 2 atom stereocenters. The van der Waals surface area contributed by atoms with Gasteiger partial charge in [-0.25, -0.2) is 0 Å². The van der Waals surface area contributed by atoms with Crippen LogP contribution in [-0.4, -0.2) is 30.6 Å². The van der Waals surface area contributed by atoms with Gasteiger partial charge < -0.3 is 4.90 Å². The van der Waals surface area contributed by atoms with Crippen molar-refractivity contribution in [1.29, 1.82) is 0 Å². The average Bonchev–Trinajstić information content (AvgIpc) is 2.74. The lowest BCUT2D eigenvalue weighted by Crippen LogP contribution is -2.61. The van der Waals surface area contributed by atoms with Gasteiger partial charge in [-0.1, -0.05) is 65.2 Å². The molecular weight excluding hydrogens is 258 g/mol. The summed E-state index contributed by atoms with van der Waals surface area (Å²) in [5.74, 6) is 6.84. The number of likely N-dealkylation sites (N-methyl/N-ethyl adjacent to an activating group) is 1. The highest BCUT2D eigenvalue weighted by Crippen LogP contribution is 2.37. The first-order valence-electron chi connectivity index (χ1n) is 9.24. The summed E-state index contributed by atoms with van der Waals surface area (Å²) in [5, 5.41) is 0. The maximum atomic E-state index is 6.03. The standard InChI is InChI=1S/C18H39N3/c1-5-7-12-16(6-2)15-17(20-19)18(21(3)4)13-10-8-9-11-14-18/h16-17,20H,5-15,19H2,1-4H3. The van der Waals surface area contributed by atoms with Gasteiger partial charge in [0, 0.05) is 11.6 Å². The molecule has 3 heteroatoms. The van der Waals surface area contributed by atoms with Gasteiger partial charge in [0.2, 0.25) is 0 Å². The Bertz CT molecular complexity index is 257. The van der Waals surface area contributed by atoms with Crippen LogP contribution in [0.25, 0.3) is 0 Å². The molecule has 0 bridgehead atoms. The Balaban J connectivity index is 2.80. The number of hydrogen-bond donors (Lipinski definition) is 2. The molecule has 0 saturated heterocycles. The highest BCUT2D eigenvalue weighted by atomic mass is 15.3. The van der Waals surface area contributed by atoms with Crippen molar-refractivity contribution in [3.8, 4) is 0 Å². The summed E-state index contributed by atoms with van der Waals surface area (Å²) in [6.07, 6.45) is 14.6. The molecule has 1 rings (SSSR count). The van der Waals surface area contributed by atoms with Crippen LogP contribution in [0.1, 0.15) is 84.5 Å². The van der Waals surface area contributed by atoms with E-state index >= 15 is 0 Å². The molecule has 2 unspecified atom stereocenters. The largest absolute Gasteiger partial charge is 0.302 e. The van der Waals surface area contributed by atoms with E-state index in [4.69, 9.17) is 5.84 Å². The van der Waals surface area contributed by atoms with Crippen molar-refractivity contribution >= 4 is 0 Å². The zero-order valence-corrected chi connectivity index (χ0v) is 15.0. The number of unbranched alkanes of at least 4 members (excludes halogenated alkanes) is 1. The Hall–Kier alpha value is -0.120. The molecule has 0 amide bonds. The van der Waals surface area contributed by atoms with E-state index in [9.17, 15) is 0 Å². The molecule has 0 spiro atoms. The summed E-state index contributed by atoms with van der Waals surface area (Å²) in [6.45, 7) is 4.63. The van der Waals surface area contributed by atoms with Crippen molar-refractivity contribution in [3.63, 3.8) is 0 Å². The van der Waals surface area contributed by atoms with Crippen LogP contribution in [0.5, 0.6) is 0 Å². The molecule has 1 aliphatic rings. The van der Waals surface area contributed by atoms with Crippen molar-refractivity contribution in [3.05, 3.63) is 0 Å². The van der Waals surface area contributed by atoms with E-state index in [0.29, 0.717) is 6.04 Å². The fourth-order valence-corrected chi connectivity index (χ4v) is 4.21. The van der Waals surface area contributed by atoms with Gasteiger partial charge in [-0.3, -0.25) is 11.3 Å². The van der Waals surface area contributed by atoms with Crippen LogP contribution >= 0.6 is 0 Å². The second-order valence-corrected chi connectivity index (χ2v) is 7.28. The normalized spacial score (nSPS) is 22.0. The van der Waals surface area contributed by atoms with Crippen molar-refractivity contribution in [1.82, 2.24) is 10.3 Å². The summed E-state index contributed by atoms with van der Waals surface area (Å²) >= 11 is 0. The highest BCUT2D eigenvalue weighted by molar-refractivity contribution is 4.99. The van der Waals surface area contributed by atoms with E-state index in [-0.39, 0.29) is 5.54 Å². The zero-order chi connectivity index (χ0) is 15.7. The summed E-state index contributed by atoms with van der Waals surface area (Å²) < 4.78 is 0. The molecule has 3 nitrogen and oxygen atoms in total. The first kappa shape index (κ1) is 18.9. The number of nitrogens with two attached hydrogens (primary N) is 1. The third-order valence-corrected chi connectivity index (χ3v) is 5.82. The van der Waals surface area contributed by atoms with Gasteiger partial charge in [0.05, 0.1) is 0 Å². The summed E-state index contributed by atoms with van der Waals surface area (Å²) in [5.41, 5.74) is 3.48. The zero-order valence-electron chi connectivity index (χ0n) is 15.0. The minimum absolute atomic E-state index is 0.255. The SMILES string of the molecule is CCCCC(CC)CC(NN)C1(N(C)C)CCCCCC1. The molecular formula is C18H39N3. The third-order valence-electron chi connectivity index (χ3n) is 5.82. The molecule has 1 fully saturated rings. The van der Waals surface area contributed by atoms with E-state index in [2.05, 4.69) is 38.3 Å². The smallest absolute Gasteiger partial charge is 0.0397 e. The predicted molar refractivity (Wildman–Crippen MR) is 93.2 cm³/mol. The molecule has 21 heavy (non-hydrogen) atoms. The first-order valence-corrected chi connectivity index (χ1v) is 9.24. The fraction of sp³-hybridized carbons (Fsp3) is 1.00. The second-order valence-electron chi connectivity index (χ2n) is 7.28. The van der Waals surface area contributed by atoms with Gasteiger partial charge >= 0.3 is 0 Å². The molecule has 1 saturated carbocycles. The molecule has 0 aromatic carbocycles. The Kier molecular flexibility index (Phi) is 8.84. The van der Waals surface area contributed by atoms with Crippen LogP contribution in [0.3, 0.4) is 0 Å². The van der Waals surface area contributed by atoms with Crippen LogP contribution < -0.4 is 11.3 Å². The maximum Gasteiger partial charge on any atom is 0.0397 e. The number of rotatable bonds is 9. The minimum Gasteiger partial charge on any atom is -0.302 e. The second kappa shape index (κ2) is 9.81. The van der Waals surface area contributed by atoms with Crippen molar-refractivity contribution < 1.29 is 0 Å². The molecule has 0 radical (unpaired) electrons. The summed E-state index contributed by atoms with van der Waals surface area (Å²) in [4.78, 5) is 2.47. The fourth-order valence-electron chi connectivity index (χ4n) is 4.21. The maximum absolute atomic E-state index is 6.03. The quantitative estimate of drug-likeness (QED) is 0.383. The third kappa shape index (κ3) is 5.22. The lowest BCUT2D eigenvalue weighted by molar-refractivity contribution is 0.0669. The molecule has 0 aromatic heterocycles. The molecule has 1 aliphatic carbocycles. The first-order chi connectivity index (χ1) is 10.1. The predicted octanol–water partition coefficient (Wildman–Crippen LogP) is 4.08. The van der Waals surface area contributed by atoms with Crippen molar-refractivity contribution in [2.24, 2.45) is 11.8 Å². The van der Waals surface area contributed by atoms with Gasteiger partial charge in [0.15, 0.2) is 0 Å². The number of hydrogen-bond acceptors (Lipinski definition) is 3. The van der Waals surface area contributed by atoms with Crippen LogP contribution in [0.4, 0.5) is 0 Å². The van der Waals surface area contributed by atoms with E-state index in [1.54, 1.807) is 0 Å². The van der Waals surface area contributed by atoms with Crippen molar-refractivity contribution in [2.75, 3.05) is 14.1 Å². The van der Waals surface area contributed by atoms with Crippen LogP contribution in [0, 0.1) is 5.92 Å². The molecule has 126 valence electrons. The lowest BCUT2D eigenvalue weighted by atomic mass is 9.76. The Morgan fingerprint density at radius 2 is 1.71 bits per heavy atom. The number of nitrogens with zero attached hydrogens (tertiary/aromatic N) is 1. The highest BCUT2D eigenvalue weighted by Gasteiger charge is 2.41. The van der Waals surface area contributed by atoms with E-state index in [0.717, 1.165) is 5.92 Å². The van der Waals surface area contributed by atoms with Gasteiger partial charge in [0.25, 0.3) is 0 Å². The average molecular weight is 298 g/mol. The van der Waals surface area contributed by atoms with E-state index in [1.807, 2.05) is 0 Å². The van der Waals surface area contributed by atoms with Gasteiger partial charge in [0.1, 0.15) is 0 Å². The van der Waals surface area contributed by atoms with Gasteiger partial charge in [-0.2, -0.15) is 0 Å². The van der Waals surface area contributed by atoms with Crippen molar-refractivity contribution in [2.45, 2.75) is 96.1 Å². The topological polar surface area (TPSA) is 41.3 Å². The van der Waals surface area contributed by atoms with Crippen LogP contribution in [0.15, 0.2) is 0 Å². The number of nitrogens with one attached hydrogen (secondary N) is 1. The Morgan fingerprint density at radius 3 is 2.14 bits per heavy atom. The van der Waals surface area contributed by atoms with Crippen LogP contribution in [0.2, 0.25) is 0 Å². The van der Waals surface area contributed by atoms with E-state index < -0.39 is 0 Å². The summed E-state index contributed by atoms with van der Waals surface area (Å²) in [6, 6.07) is 0.424.